The van der Waals surface area contributed by atoms with Crippen LogP contribution in [0.4, 0.5) is 5.69 Å². The van der Waals surface area contributed by atoms with Gasteiger partial charge in [0.1, 0.15) is 4.88 Å². The molecule has 1 heterocycles. The average molecular weight is 302 g/mol. The molecule has 102 valence electrons. The predicted octanol–water partition coefficient (Wildman–Crippen LogP) is 3.03. The van der Waals surface area contributed by atoms with E-state index in [0.29, 0.717) is 4.88 Å². The van der Waals surface area contributed by atoms with Gasteiger partial charge in [-0.2, -0.15) is 0 Å². The lowest BCUT2D eigenvalue weighted by molar-refractivity contribution is 0.103. The van der Waals surface area contributed by atoms with Gasteiger partial charge in [-0.05, 0) is 29.8 Å². The van der Waals surface area contributed by atoms with Crippen LogP contribution in [0.15, 0.2) is 40.6 Å². The topological polar surface area (TPSA) is 55.1 Å². The Bertz CT molecular complexity index is 668. The lowest BCUT2D eigenvalue weighted by Crippen LogP contribution is -2.12. The third kappa shape index (κ3) is 3.42. The van der Waals surface area contributed by atoms with Crippen LogP contribution in [0.1, 0.15) is 15.2 Å². The van der Waals surface area contributed by atoms with Gasteiger partial charge in [0.25, 0.3) is 5.91 Å². The van der Waals surface area contributed by atoms with Crippen LogP contribution >= 0.6 is 23.1 Å². The number of hydrogen-bond donors (Lipinski definition) is 2. The lowest BCUT2D eigenvalue weighted by atomic mass is 10.2. The first-order valence-corrected chi connectivity index (χ1v) is 8.07. The molecule has 0 spiro atoms. The molecule has 0 bridgehead atoms. The monoisotopic (exact) mass is 302 g/mol. The van der Waals surface area contributed by atoms with Crippen LogP contribution in [0.3, 0.4) is 0 Å². The number of para-hydroxylation sites is 1. The predicted molar refractivity (Wildman–Crippen MR) is 86.4 cm³/mol. The lowest BCUT2D eigenvalue weighted by Gasteiger charge is -2.08. The molecule has 20 heavy (non-hydrogen) atoms. The number of carbonyl (C=O) groups is 1. The fourth-order valence-corrected chi connectivity index (χ4v) is 2.95. The standard InChI is InChI=1S/C15H14N2OS2/c1-19-13-7-3-2-6-12(13)17-15(18)14-11(5-4-9-16)8-10-20-14/h2-3,6-8,10H,9,16H2,1H3,(H,17,18). The van der Waals surface area contributed by atoms with E-state index in [0.717, 1.165) is 16.1 Å². The van der Waals surface area contributed by atoms with Crippen molar-refractivity contribution in [1.82, 2.24) is 0 Å². The van der Waals surface area contributed by atoms with Crippen molar-refractivity contribution in [1.29, 1.82) is 0 Å². The quantitative estimate of drug-likeness (QED) is 0.677. The minimum absolute atomic E-state index is 0.136. The zero-order valence-electron chi connectivity index (χ0n) is 11.0. The Balaban J connectivity index is 2.22. The maximum absolute atomic E-state index is 12.3. The summed E-state index contributed by atoms with van der Waals surface area (Å²) in [5.41, 5.74) is 6.90. The van der Waals surface area contributed by atoms with Crippen LogP contribution < -0.4 is 11.1 Å². The SMILES string of the molecule is CSc1ccccc1NC(=O)c1sccc1C#CCN. The van der Waals surface area contributed by atoms with Gasteiger partial charge in [-0.25, -0.2) is 0 Å². The van der Waals surface area contributed by atoms with E-state index in [1.165, 1.54) is 11.3 Å². The van der Waals surface area contributed by atoms with Crippen LogP contribution in [-0.2, 0) is 0 Å². The Labute approximate surface area is 126 Å². The number of thioether (sulfide) groups is 1. The molecule has 3 nitrogen and oxygen atoms in total. The van der Waals surface area contributed by atoms with Gasteiger partial charge in [0.2, 0.25) is 0 Å². The van der Waals surface area contributed by atoms with Gasteiger partial charge in [-0.1, -0.05) is 24.0 Å². The number of rotatable bonds is 3. The van der Waals surface area contributed by atoms with Gasteiger partial charge < -0.3 is 11.1 Å². The van der Waals surface area contributed by atoms with Crippen molar-refractivity contribution >= 4 is 34.7 Å². The van der Waals surface area contributed by atoms with Crippen molar-refractivity contribution in [2.75, 3.05) is 18.1 Å². The highest BCUT2D eigenvalue weighted by Crippen LogP contribution is 2.26. The molecule has 2 rings (SSSR count). The Morgan fingerprint density at radius 2 is 2.20 bits per heavy atom. The molecule has 1 amide bonds. The molecular weight excluding hydrogens is 288 g/mol. The first-order valence-electron chi connectivity index (χ1n) is 5.97. The van der Waals surface area contributed by atoms with Gasteiger partial charge in [-0.15, -0.1) is 23.1 Å². The van der Waals surface area contributed by atoms with E-state index in [4.69, 9.17) is 5.73 Å². The van der Waals surface area contributed by atoms with E-state index in [-0.39, 0.29) is 12.5 Å². The molecule has 0 atom stereocenters. The number of nitrogens with two attached hydrogens (primary N) is 1. The summed E-state index contributed by atoms with van der Waals surface area (Å²) in [6, 6.07) is 9.55. The van der Waals surface area contributed by atoms with E-state index in [2.05, 4.69) is 17.2 Å². The fraction of sp³-hybridized carbons (Fsp3) is 0.133. The molecule has 0 aliphatic heterocycles. The van der Waals surface area contributed by atoms with E-state index in [9.17, 15) is 4.79 Å². The van der Waals surface area contributed by atoms with Crippen LogP contribution in [0, 0.1) is 11.8 Å². The normalized spacial score (nSPS) is 9.70. The van der Waals surface area contributed by atoms with Crippen LogP contribution in [-0.4, -0.2) is 18.7 Å². The molecule has 2 aromatic rings. The maximum atomic E-state index is 12.3. The Kier molecular flexibility index (Phi) is 5.24. The van der Waals surface area contributed by atoms with Crippen LogP contribution in [0.2, 0.25) is 0 Å². The molecule has 0 radical (unpaired) electrons. The smallest absolute Gasteiger partial charge is 0.267 e. The molecular formula is C15H14N2OS2. The first kappa shape index (κ1) is 14.7. The van der Waals surface area contributed by atoms with Crippen molar-refractivity contribution in [3.63, 3.8) is 0 Å². The largest absolute Gasteiger partial charge is 0.320 e. The van der Waals surface area contributed by atoms with Gasteiger partial charge in [0.15, 0.2) is 0 Å². The number of nitrogens with one attached hydrogen (secondary N) is 1. The molecule has 0 saturated carbocycles. The zero-order valence-corrected chi connectivity index (χ0v) is 12.6. The summed E-state index contributed by atoms with van der Waals surface area (Å²) in [4.78, 5) is 14.0. The summed E-state index contributed by atoms with van der Waals surface area (Å²) in [6.45, 7) is 0.284. The van der Waals surface area contributed by atoms with Crippen molar-refractivity contribution < 1.29 is 4.79 Å². The molecule has 0 unspecified atom stereocenters. The molecule has 0 aliphatic rings. The summed E-state index contributed by atoms with van der Waals surface area (Å²) >= 11 is 2.98. The van der Waals surface area contributed by atoms with E-state index in [1.54, 1.807) is 11.8 Å². The molecule has 0 saturated heterocycles. The number of benzene rings is 1. The Morgan fingerprint density at radius 1 is 1.40 bits per heavy atom. The maximum Gasteiger partial charge on any atom is 0.267 e. The minimum Gasteiger partial charge on any atom is -0.320 e. The number of anilines is 1. The molecule has 1 aromatic carbocycles. The van der Waals surface area contributed by atoms with Crippen molar-refractivity contribution in [2.45, 2.75) is 4.90 Å². The highest BCUT2D eigenvalue weighted by Gasteiger charge is 2.13. The van der Waals surface area contributed by atoms with Gasteiger partial charge in [0, 0.05) is 10.5 Å². The molecule has 5 heteroatoms. The number of carbonyl (C=O) groups excluding carboxylic acids is 1. The number of hydrogen-bond acceptors (Lipinski definition) is 4. The van der Waals surface area contributed by atoms with Gasteiger partial charge >= 0.3 is 0 Å². The number of thiophene rings is 1. The van der Waals surface area contributed by atoms with E-state index >= 15 is 0 Å². The molecule has 0 fully saturated rings. The molecule has 0 aliphatic carbocycles. The van der Waals surface area contributed by atoms with Gasteiger partial charge in [0.05, 0.1) is 12.2 Å². The summed E-state index contributed by atoms with van der Waals surface area (Å²) in [6.07, 6.45) is 1.98. The third-order valence-electron chi connectivity index (χ3n) is 2.55. The van der Waals surface area contributed by atoms with Crippen molar-refractivity contribution in [3.8, 4) is 11.8 Å². The summed E-state index contributed by atoms with van der Waals surface area (Å²) in [7, 11) is 0. The summed E-state index contributed by atoms with van der Waals surface area (Å²) in [5.74, 6) is 5.55. The first-order chi connectivity index (χ1) is 9.76. The second kappa shape index (κ2) is 7.15. The second-order valence-corrected chi connectivity index (χ2v) is 5.59. The van der Waals surface area contributed by atoms with E-state index < -0.39 is 0 Å². The van der Waals surface area contributed by atoms with Crippen LogP contribution in [0.5, 0.6) is 0 Å². The van der Waals surface area contributed by atoms with Crippen molar-refractivity contribution in [2.24, 2.45) is 5.73 Å². The van der Waals surface area contributed by atoms with Crippen molar-refractivity contribution in [3.05, 3.63) is 46.2 Å². The zero-order chi connectivity index (χ0) is 14.4. The highest BCUT2D eigenvalue weighted by atomic mass is 32.2. The Hall–Kier alpha value is -1.74. The second-order valence-electron chi connectivity index (χ2n) is 3.82. The Morgan fingerprint density at radius 3 is 2.95 bits per heavy atom. The highest BCUT2D eigenvalue weighted by molar-refractivity contribution is 7.98. The molecule has 1 aromatic heterocycles. The third-order valence-corrected chi connectivity index (χ3v) is 4.26. The number of amides is 1. The summed E-state index contributed by atoms with van der Waals surface area (Å²) < 4.78 is 0. The molecule has 3 N–H and O–H groups in total. The van der Waals surface area contributed by atoms with Crippen LogP contribution in [0.25, 0.3) is 0 Å². The minimum atomic E-state index is -0.136. The van der Waals surface area contributed by atoms with Gasteiger partial charge in [-0.3, -0.25) is 4.79 Å². The fourth-order valence-electron chi connectivity index (χ4n) is 1.66. The average Bonchev–Trinajstić information content (AvgIpc) is 2.94. The summed E-state index contributed by atoms with van der Waals surface area (Å²) in [5, 5.41) is 4.79. The van der Waals surface area contributed by atoms with E-state index in [1.807, 2.05) is 42.0 Å².